The van der Waals surface area contributed by atoms with Gasteiger partial charge in [-0.15, -0.1) is 0 Å². The second-order valence-electron chi connectivity index (χ2n) is 4.89. The van der Waals surface area contributed by atoms with Gasteiger partial charge in [0.1, 0.15) is 0 Å². The van der Waals surface area contributed by atoms with Gasteiger partial charge in [-0.05, 0) is 53.8 Å². The van der Waals surface area contributed by atoms with Gasteiger partial charge in [-0.1, -0.05) is 49.2 Å². The predicted molar refractivity (Wildman–Crippen MR) is 81.5 cm³/mol. The molecule has 1 unspecified atom stereocenters. The summed E-state index contributed by atoms with van der Waals surface area (Å²) in [5.74, 6) is 0. The molecule has 0 aliphatic heterocycles. The lowest BCUT2D eigenvalue weighted by Crippen LogP contribution is -1.97. The van der Waals surface area contributed by atoms with Gasteiger partial charge in [0.05, 0.1) is 6.10 Å². The van der Waals surface area contributed by atoms with Gasteiger partial charge in [0.25, 0.3) is 0 Å². The third kappa shape index (κ3) is 3.37. The molecule has 0 amide bonds. The second kappa shape index (κ2) is 6.23. The smallest absolute Gasteiger partial charge is 0.0790 e. The highest BCUT2D eigenvalue weighted by Crippen LogP contribution is 2.29. The Morgan fingerprint density at radius 1 is 1.16 bits per heavy atom. The van der Waals surface area contributed by atoms with E-state index in [1.807, 2.05) is 30.3 Å². The lowest BCUT2D eigenvalue weighted by Gasteiger charge is -2.12. The van der Waals surface area contributed by atoms with E-state index >= 15 is 0 Å². The highest BCUT2D eigenvalue weighted by molar-refractivity contribution is 6.30. The Bertz CT molecular complexity index is 563. The fraction of sp³-hybridized carbons (Fsp3) is 0.294. The van der Waals surface area contributed by atoms with Crippen LogP contribution in [0.25, 0.3) is 11.1 Å². The average molecular weight is 275 g/mol. The molecule has 2 heteroatoms. The molecule has 0 radical (unpaired) electrons. The maximum Gasteiger partial charge on any atom is 0.0790 e. The van der Waals surface area contributed by atoms with Crippen LogP contribution in [0.3, 0.4) is 0 Å². The minimum atomic E-state index is -0.377. The summed E-state index contributed by atoms with van der Waals surface area (Å²) in [7, 11) is 0. The van der Waals surface area contributed by atoms with Crippen LogP contribution < -0.4 is 0 Å². The van der Waals surface area contributed by atoms with E-state index < -0.39 is 0 Å². The van der Waals surface area contributed by atoms with E-state index in [9.17, 15) is 5.11 Å². The summed E-state index contributed by atoms with van der Waals surface area (Å²) >= 11 is 5.99. The van der Waals surface area contributed by atoms with Crippen LogP contribution >= 0.6 is 11.6 Å². The largest absolute Gasteiger partial charge is 0.388 e. The second-order valence-corrected chi connectivity index (χ2v) is 5.33. The van der Waals surface area contributed by atoms with E-state index in [1.54, 1.807) is 0 Å². The van der Waals surface area contributed by atoms with E-state index in [0.717, 1.165) is 40.1 Å². The number of aliphatic hydroxyl groups is 1. The van der Waals surface area contributed by atoms with E-state index in [-0.39, 0.29) is 6.10 Å². The van der Waals surface area contributed by atoms with Crippen molar-refractivity contribution in [1.82, 2.24) is 0 Å². The van der Waals surface area contributed by atoms with Crippen molar-refractivity contribution in [2.24, 2.45) is 0 Å². The van der Waals surface area contributed by atoms with Crippen LogP contribution in [0.1, 0.15) is 37.0 Å². The molecule has 0 bridgehead atoms. The fourth-order valence-electron chi connectivity index (χ4n) is 2.30. The van der Waals surface area contributed by atoms with E-state index in [0.29, 0.717) is 0 Å². The molecule has 19 heavy (non-hydrogen) atoms. The van der Waals surface area contributed by atoms with Crippen LogP contribution in [0, 0.1) is 6.92 Å². The summed E-state index contributed by atoms with van der Waals surface area (Å²) < 4.78 is 0. The molecule has 0 heterocycles. The molecular weight excluding hydrogens is 256 g/mol. The first-order chi connectivity index (χ1) is 9.11. The van der Waals surface area contributed by atoms with Crippen molar-refractivity contribution in [1.29, 1.82) is 0 Å². The van der Waals surface area contributed by atoms with Crippen LogP contribution in [-0.2, 0) is 0 Å². The molecular formula is C17H19ClO. The summed E-state index contributed by atoms with van der Waals surface area (Å²) in [4.78, 5) is 0. The summed E-state index contributed by atoms with van der Waals surface area (Å²) in [6, 6.07) is 14.0. The van der Waals surface area contributed by atoms with Gasteiger partial charge in [0.2, 0.25) is 0 Å². The lowest BCUT2D eigenvalue weighted by molar-refractivity contribution is 0.166. The molecule has 2 rings (SSSR count). The normalized spacial score (nSPS) is 12.4. The topological polar surface area (TPSA) is 20.2 Å². The van der Waals surface area contributed by atoms with Crippen molar-refractivity contribution >= 4 is 11.6 Å². The maximum absolute atomic E-state index is 10.1. The Kier molecular flexibility index (Phi) is 4.62. The number of hydrogen-bond acceptors (Lipinski definition) is 1. The zero-order chi connectivity index (χ0) is 13.8. The van der Waals surface area contributed by atoms with Crippen molar-refractivity contribution in [3.63, 3.8) is 0 Å². The highest BCUT2D eigenvalue weighted by atomic mass is 35.5. The SMILES string of the molecule is CCCC(O)c1cccc(-c2ccc(Cl)cc2C)c1. The molecule has 0 aromatic heterocycles. The highest BCUT2D eigenvalue weighted by Gasteiger charge is 2.08. The maximum atomic E-state index is 10.1. The Morgan fingerprint density at radius 2 is 1.95 bits per heavy atom. The molecule has 1 N–H and O–H groups in total. The van der Waals surface area contributed by atoms with E-state index in [4.69, 9.17) is 11.6 Å². The molecule has 1 nitrogen and oxygen atoms in total. The third-order valence-corrected chi connectivity index (χ3v) is 3.57. The van der Waals surface area contributed by atoms with E-state index in [1.165, 1.54) is 0 Å². The minimum absolute atomic E-state index is 0.377. The third-order valence-electron chi connectivity index (χ3n) is 3.33. The zero-order valence-corrected chi connectivity index (χ0v) is 12.1. The number of halogens is 1. The van der Waals surface area contributed by atoms with Crippen molar-refractivity contribution in [2.45, 2.75) is 32.8 Å². The van der Waals surface area contributed by atoms with Gasteiger partial charge in [-0.2, -0.15) is 0 Å². The molecule has 100 valence electrons. The van der Waals surface area contributed by atoms with Gasteiger partial charge in [-0.25, -0.2) is 0 Å². The molecule has 2 aromatic rings. The van der Waals surface area contributed by atoms with Gasteiger partial charge >= 0.3 is 0 Å². The molecule has 0 aliphatic carbocycles. The number of aliphatic hydroxyl groups excluding tert-OH is 1. The van der Waals surface area contributed by atoms with Gasteiger partial charge in [0.15, 0.2) is 0 Å². The monoisotopic (exact) mass is 274 g/mol. The van der Waals surface area contributed by atoms with Crippen molar-refractivity contribution in [3.05, 3.63) is 58.6 Å². The van der Waals surface area contributed by atoms with Crippen molar-refractivity contribution < 1.29 is 5.11 Å². The predicted octanol–water partition coefficient (Wildman–Crippen LogP) is 5.15. The Labute approximate surface area is 119 Å². The molecule has 0 saturated carbocycles. The van der Waals surface area contributed by atoms with Crippen LogP contribution in [0.2, 0.25) is 5.02 Å². The van der Waals surface area contributed by atoms with Crippen LogP contribution in [0.4, 0.5) is 0 Å². The number of aryl methyl sites for hydroxylation is 1. The summed E-state index contributed by atoms with van der Waals surface area (Å²) in [6.07, 6.45) is 1.39. The van der Waals surface area contributed by atoms with E-state index in [2.05, 4.69) is 26.0 Å². The summed E-state index contributed by atoms with van der Waals surface area (Å²) in [6.45, 7) is 4.13. The summed E-state index contributed by atoms with van der Waals surface area (Å²) in [5.41, 5.74) is 4.42. The molecule has 0 aliphatic rings. The first-order valence-corrected chi connectivity index (χ1v) is 7.04. The fourth-order valence-corrected chi connectivity index (χ4v) is 2.53. The van der Waals surface area contributed by atoms with Gasteiger partial charge in [-0.3, -0.25) is 0 Å². The number of hydrogen-bond donors (Lipinski definition) is 1. The summed E-state index contributed by atoms with van der Waals surface area (Å²) in [5, 5.41) is 10.8. The number of rotatable bonds is 4. The molecule has 2 aromatic carbocycles. The quantitative estimate of drug-likeness (QED) is 0.817. The van der Waals surface area contributed by atoms with Crippen molar-refractivity contribution in [3.8, 4) is 11.1 Å². The average Bonchev–Trinajstić information content (AvgIpc) is 2.39. The van der Waals surface area contributed by atoms with Crippen LogP contribution in [-0.4, -0.2) is 5.11 Å². The van der Waals surface area contributed by atoms with Crippen LogP contribution in [0.15, 0.2) is 42.5 Å². The molecule has 0 spiro atoms. The standard InChI is InChI=1S/C17H19ClO/c1-3-5-17(19)14-7-4-6-13(11-14)16-9-8-15(18)10-12(16)2/h4,6-11,17,19H,3,5H2,1-2H3. The first kappa shape index (κ1) is 14.1. The minimum Gasteiger partial charge on any atom is -0.388 e. The zero-order valence-electron chi connectivity index (χ0n) is 11.4. The first-order valence-electron chi connectivity index (χ1n) is 6.66. The van der Waals surface area contributed by atoms with Gasteiger partial charge < -0.3 is 5.11 Å². The Balaban J connectivity index is 2.37. The Morgan fingerprint density at radius 3 is 2.63 bits per heavy atom. The van der Waals surface area contributed by atoms with Crippen LogP contribution in [0.5, 0.6) is 0 Å². The molecule has 0 saturated heterocycles. The van der Waals surface area contributed by atoms with Crippen molar-refractivity contribution in [2.75, 3.05) is 0 Å². The number of benzene rings is 2. The molecule has 0 fully saturated rings. The Hall–Kier alpha value is -1.31. The van der Waals surface area contributed by atoms with Gasteiger partial charge in [0, 0.05) is 5.02 Å². The molecule has 1 atom stereocenters. The lowest BCUT2D eigenvalue weighted by atomic mass is 9.96.